The summed E-state index contributed by atoms with van der Waals surface area (Å²) >= 11 is 5.88. The SMILES string of the molecule is CCOC(=O)C1CCCCN1S(=O)(=O)c1cccnc1Cl. The number of ether oxygens (including phenoxy) is 1. The largest absolute Gasteiger partial charge is 0.465 e. The number of carbonyl (C=O) groups excluding carboxylic acids is 1. The quantitative estimate of drug-likeness (QED) is 0.621. The Kier molecular flexibility index (Phi) is 5.18. The number of carbonyl (C=O) groups is 1. The summed E-state index contributed by atoms with van der Waals surface area (Å²) in [6.07, 6.45) is 3.36. The second kappa shape index (κ2) is 6.72. The Bertz CT molecular complexity index is 620. The van der Waals surface area contributed by atoms with Crippen LogP contribution in [0.25, 0.3) is 0 Å². The summed E-state index contributed by atoms with van der Waals surface area (Å²) in [7, 11) is -3.87. The monoisotopic (exact) mass is 332 g/mol. The third-order valence-electron chi connectivity index (χ3n) is 3.32. The fraction of sp³-hybridized carbons (Fsp3) is 0.538. The zero-order valence-electron chi connectivity index (χ0n) is 11.7. The molecule has 2 heterocycles. The second-order valence-electron chi connectivity index (χ2n) is 4.67. The number of sulfonamides is 1. The maximum Gasteiger partial charge on any atom is 0.324 e. The van der Waals surface area contributed by atoms with Crippen molar-refractivity contribution in [1.82, 2.24) is 9.29 Å². The van der Waals surface area contributed by atoms with Crippen molar-refractivity contribution in [2.24, 2.45) is 0 Å². The lowest BCUT2D eigenvalue weighted by Crippen LogP contribution is -2.48. The van der Waals surface area contributed by atoms with Crippen LogP contribution in [0.4, 0.5) is 0 Å². The van der Waals surface area contributed by atoms with Crippen LogP contribution in [0.2, 0.25) is 5.15 Å². The van der Waals surface area contributed by atoms with Gasteiger partial charge in [-0.05, 0) is 38.3 Å². The van der Waals surface area contributed by atoms with Gasteiger partial charge < -0.3 is 4.74 Å². The summed E-state index contributed by atoms with van der Waals surface area (Å²) in [5, 5.41) is -0.0920. The second-order valence-corrected chi connectivity index (χ2v) is 6.89. The predicted molar refractivity (Wildman–Crippen MR) is 77.4 cm³/mol. The molecule has 2 rings (SSSR count). The van der Waals surface area contributed by atoms with Crippen LogP contribution in [0.5, 0.6) is 0 Å². The van der Waals surface area contributed by atoms with Crippen LogP contribution in [0.1, 0.15) is 26.2 Å². The molecule has 1 unspecified atom stereocenters. The molecule has 8 heteroatoms. The molecule has 1 aliphatic heterocycles. The van der Waals surface area contributed by atoms with E-state index in [1.807, 2.05) is 0 Å². The molecular weight excluding hydrogens is 316 g/mol. The first-order valence-electron chi connectivity index (χ1n) is 6.77. The summed E-state index contributed by atoms with van der Waals surface area (Å²) in [6, 6.07) is 2.10. The molecule has 0 aromatic carbocycles. The van der Waals surface area contributed by atoms with Crippen molar-refractivity contribution in [2.75, 3.05) is 13.2 Å². The molecule has 0 radical (unpaired) electrons. The van der Waals surface area contributed by atoms with Crippen LogP contribution in [0.3, 0.4) is 0 Å². The Morgan fingerprint density at radius 2 is 2.29 bits per heavy atom. The van der Waals surface area contributed by atoms with Crippen LogP contribution in [-0.4, -0.2) is 42.9 Å². The van der Waals surface area contributed by atoms with Crippen LogP contribution < -0.4 is 0 Å². The Balaban J connectivity index is 2.36. The predicted octanol–water partition coefficient (Wildman–Crippen LogP) is 1.84. The Hall–Kier alpha value is -1.18. The Morgan fingerprint density at radius 3 is 2.95 bits per heavy atom. The van der Waals surface area contributed by atoms with Crippen molar-refractivity contribution in [3.63, 3.8) is 0 Å². The van der Waals surface area contributed by atoms with Crippen molar-refractivity contribution in [1.29, 1.82) is 0 Å². The Labute approximate surface area is 129 Å². The van der Waals surface area contributed by atoms with E-state index in [1.54, 1.807) is 6.92 Å². The molecule has 1 fully saturated rings. The molecule has 0 amide bonds. The zero-order chi connectivity index (χ0) is 15.5. The van der Waals surface area contributed by atoms with E-state index in [4.69, 9.17) is 16.3 Å². The van der Waals surface area contributed by atoms with Gasteiger partial charge in [-0.2, -0.15) is 4.31 Å². The normalized spacial score (nSPS) is 20.2. The molecule has 1 aromatic heterocycles. The molecule has 1 saturated heterocycles. The molecule has 6 nitrogen and oxygen atoms in total. The van der Waals surface area contributed by atoms with Gasteiger partial charge in [-0.3, -0.25) is 4.79 Å². The molecule has 116 valence electrons. The first-order valence-corrected chi connectivity index (χ1v) is 8.59. The third-order valence-corrected chi connectivity index (χ3v) is 5.68. The first-order chi connectivity index (χ1) is 9.98. The number of hydrogen-bond acceptors (Lipinski definition) is 5. The standard InChI is InChI=1S/C13H17ClN2O4S/c1-2-20-13(17)10-6-3-4-9-16(10)21(18,19)11-7-5-8-15-12(11)14/h5,7-8,10H,2-4,6,9H2,1H3. The van der Waals surface area contributed by atoms with Crippen molar-refractivity contribution in [2.45, 2.75) is 37.1 Å². The number of aromatic nitrogens is 1. The van der Waals surface area contributed by atoms with Gasteiger partial charge in [0.1, 0.15) is 16.1 Å². The van der Waals surface area contributed by atoms with Crippen LogP contribution >= 0.6 is 11.6 Å². The molecule has 0 N–H and O–H groups in total. The number of pyridine rings is 1. The summed E-state index contributed by atoms with van der Waals surface area (Å²) in [4.78, 5) is 15.7. The molecule has 0 saturated carbocycles. The highest BCUT2D eigenvalue weighted by atomic mass is 35.5. The van der Waals surface area contributed by atoms with Gasteiger partial charge in [0, 0.05) is 12.7 Å². The maximum atomic E-state index is 12.7. The lowest BCUT2D eigenvalue weighted by atomic mass is 10.1. The van der Waals surface area contributed by atoms with E-state index < -0.39 is 22.0 Å². The van der Waals surface area contributed by atoms with Crippen molar-refractivity contribution >= 4 is 27.6 Å². The summed E-state index contributed by atoms with van der Waals surface area (Å²) in [5.41, 5.74) is 0. The van der Waals surface area contributed by atoms with Gasteiger partial charge in [0.25, 0.3) is 0 Å². The van der Waals surface area contributed by atoms with Gasteiger partial charge in [-0.1, -0.05) is 11.6 Å². The van der Waals surface area contributed by atoms with E-state index in [1.165, 1.54) is 22.6 Å². The maximum absolute atomic E-state index is 12.7. The minimum absolute atomic E-state index is 0.0807. The van der Waals surface area contributed by atoms with Gasteiger partial charge in [-0.25, -0.2) is 13.4 Å². The van der Waals surface area contributed by atoms with Gasteiger partial charge in [0.2, 0.25) is 10.0 Å². The molecule has 0 bridgehead atoms. The van der Waals surface area contributed by atoms with Gasteiger partial charge >= 0.3 is 5.97 Å². The molecule has 1 aliphatic rings. The van der Waals surface area contributed by atoms with Crippen molar-refractivity contribution < 1.29 is 17.9 Å². The fourth-order valence-electron chi connectivity index (χ4n) is 2.36. The van der Waals surface area contributed by atoms with E-state index >= 15 is 0 Å². The number of rotatable bonds is 4. The fourth-order valence-corrected chi connectivity index (χ4v) is 4.43. The Morgan fingerprint density at radius 1 is 1.52 bits per heavy atom. The minimum Gasteiger partial charge on any atom is -0.465 e. The van der Waals surface area contributed by atoms with E-state index in [0.29, 0.717) is 12.8 Å². The number of nitrogens with zero attached hydrogens (tertiary/aromatic N) is 2. The lowest BCUT2D eigenvalue weighted by molar-refractivity contribution is -0.148. The molecule has 21 heavy (non-hydrogen) atoms. The van der Waals surface area contributed by atoms with E-state index in [-0.39, 0.29) is 23.2 Å². The van der Waals surface area contributed by atoms with Crippen molar-refractivity contribution in [3.8, 4) is 0 Å². The zero-order valence-corrected chi connectivity index (χ0v) is 13.2. The average Bonchev–Trinajstić information content (AvgIpc) is 2.48. The topological polar surface area (TPSA) is 76.6 Å². The van der Waals surface area contributed by atoms with E-state index in [0.717, 1.165) is 6.42 Å². The molecule has 1 atom stereocenters. The first kappa shape index (κ1) is 16.2. The van der Waals surface area contributed by atoms with Crippen LogP contribution in [0, 0.1) is 0 Å². The van der Waals surface area contributed by atoms with Gasteiger partial charge in [-0.15, -0.1) is 0 Å². The molecule has 0 aliphatic carbocycles. The molecule has 1 aromatic rings. The summed E-state index contributed by atoms with van der Waals surface area (Å²) in [5.74, 6) is -0.513. The lowest BCUT2D eigenvalue weighted by Gasteiger charge is -2.32. The number of hydrogen-bond donors (Lipinski definition) is 0. The highest BCUT2D eigenvalue weighted by Gasteiger charge is 2.39. The van der Waals surface area contributed by atoms with E-state index in [9.17, 15) is 13.2 Å². The highest BCUT2D eigenvalue weighted by Crippen LogP contribution is 2.28. The van der Waals surface area contributed by atoms with E-state index in [2.05, 4.69) is 4.98 Å². The number of halogens is 1. The third kappa shape index (κ3) is 3.36. The molecule has 0 spiro atoms. The number of piperidine rings is 1. The van der Waals surface area contributed by atoms with Crippen LogP contribution in [-0.2, 0) is 19.6 Å². The van der Waals surface area contributed by atoms with Crippen molar-refractivity contribution in [3.05, 3.63) is 23.5 Å². The number of esters is 1. The van der Waals surface area contributed by atoms with Gasteiger partial charge in [0.15, 0.2) is 0 Å². The van der Waals surface area contributed by atoms with Gasteiger partial charge in [0.05, 0.1) is 6.61 Å². The minimum atomic E-state index is -3.87. The average molecular weight is 333 g/mol. The van der Waals surface area contributed by atoms with Crippen LogP contribution in [0.15, 0.2) is 23.2 Å². The summed E-state index contributed by atoms with van der Waals surface area (Å²) in [6.45, 7) is 2.19. The molecular formula is C13H17ClN2O4S. The highest BCUT2D eigenvalue weighted by molar-refractivity contribution is 7.89. The summed E-state index contributed by atoms with van der Waals surface area (Å²) < 4.78 is 31.6. The smallest absolute Gasteiger partial charge is 0.324 e.